The highest BCUT2D eigenvalue weighted by atomic mass is 16.5. The maximum absolute atomic E-state index is 11.7. The first-order valence-electron chi connectivity index (χ1n) is 6.92. The van der Waals surface area contributed by atoms with E-state index in [0.717, 1.165) is 12.8 Å². The van der Waals surface area contributed by atoms with Gasteiger partial charge in [-0.25, -0.2) is 0 Å². The van der Waals surface area contributed by atoms with Crippen LogP contribution in [0.4, 0.5) is 0 Å². The predicted octanol–water partition coefficient (Wildman–Crippen LogP) is -0.734. The minimum Gasteiger partial charge on any atom is -0.466 e. The van der Waals surface area contributed by atoms with Crippen LogP contribution in [0, 0.1) is 0 Å². The molecule has 1 aliphatic rings. The zero-order valence-electron chi connectivity index (χ0n) is 12.1. The van der Waals surface area contributed by atoms with Crippen molar-refractivity contribution in [3.05, 3.63) is 0 Å². The van der Waals surface area contributed by atoms with Crippen LogP contribution in [0.25, 0.3) is 0 Å². The van der Waals surface area contributed by atoms with Gasteiger partial charge in [-0.05, 0) is 19.8 Å². The molecule has 1 saturated carbocycles. The summed E-state index contributed by atoms with van der Waals surface area (Å²) in [6.07, 6.45) is 2.28. The van der Waals surface area contributed by atoms with Crippen molar-refractivity contribution in [3.63, 3.8) is 0 Å². The molecule has 7 nitrogen and oxygen atoms in total. The van der Waals surface area contributed by atoms with Crippen LogP contribution < -0.4 is 10.6 Å². The second kappa shape index (κ2) is 8.52. The molecule has 0 aromatic carbocycles. The second-order valence-corrected chi connectivity index (χ2v) is 4.82. The average molecular weight is 285 g/mol. The van der Waals surface area contributed by atoms with E-state index >= 15 is 0 Å². The van der Waals surface area contributed by atoms with Gasteiger partial charge in [0.05, 0.1) is 26.1 Å². The Bertz CT molecular complexity index is 356. The lowest BCUT2D eigenvalue weighted by molar-refractivity contribution is -0.143. The van der Waals surface area contributed by atoms with Crippen LogP contribution in [0.2, 0.25) is 0 Å². The molecular weight excluding hydrogens is 262 g/mol. The van der Waals surface area contributed by atoms with Crippen LogP contribution in [0.15, 0.2) is 0 Å². The summed E-state index contributed by atoms with van der Waals surface area (Å²) in [4.78, 5) is 35.7. The molecule has 0 unspecified atom stereocenters. The van der Waals surface area contributed by atoms with Crippen molar-refractivity contribution < 1.29 is 19.1 Å². The molecule has 1 aliphatic carbocycles. The summed E-state index contributed by atoms with van der Waals surface area (Å²) in [7, 11) is 1.59. The van der Waals surface area contributed by atoms with Gasteiger partial charge in [0.2, 0.25) is 11.8 Å². The molecule has 20 heavy (non-hydrogen) atoms. The van der Waals surface area contributed by atoms with Gasteiger partial charge in [-0.1, -0.05) is 0 Å². The highest BCUT2D eigenvalue weighted by molar-refractivity contribution is 5.85. The molecular formula is C13H23N3O4. The molecule has 0 aliphatic heterocycles. The minimum atomic E-state index is -0.287. The summed E-state index contributed by atoms with van der Waals surface area (Å²) in [5.41, 5.74) is 0. The molecule has 0 aromatic rings. The number of rotatable bonds is 9. The highest BCUT2D eigenvalue weighted by Crippen LogP contribution is 2.18. The first-order valence-corrected chi connectivity index (χ1v) is 6.92. The summed E-state index contributed by atoms with van der Waals surface area (Å²) >= 11 is 0. The van der Waals surface area contributed by atoms with E-state index in [-0.39, 0.29) is 37.3 Å². The lowest BCUT2D eigenvalue weighted by Crippen LogP contribution is -2.42. The van der Waals surface area contributed by atoms with E-state index in [1.165, 1.54) is 4.90 Å². The topological polar surface area (TPSA) is 87.7 Å². The quantitative estimate of drug-likeness (QED) is 0.430. The third-order valence-corrected chi connectivity index (χ3v) is 2.84. The van der Waals surface area contributed by atoms with Crippen LogP contribution in [0.5, 0.6) is 0 Å². The molecule has 0 radical (unpaired) electrons. The fourth-order valence-corrected chi connectivity index (χ4v) is 1.56. The molecule has 0 bridgehead atoms. The lowest BCUT2D eigenvalue weighted by atomic mass is 10.4. The Hall–Kier alpha value is -1.63. The van der Waals surface area contributed by atoms with Crippen molar-refractivity contribution in [1.29, 1.82) is 0 Å². The lowest BCUT2D eigenvalue weighted by Gasteiger charge is -2.17. The third-order valence-electron chi connectivity index (χ3n) is 2.84. The van der Waals surface area contributed by atoms with E-state index in [0.29, 0.717) is 19.2 Å². The Labute approximate surface area is 119 Å². The molecule has 0 spiro atoms. The maximum atomic E-state index is 11.7. The van der Waals surface area contributed by atoms with Gasteiger partial charge in [0.25, 0.3) is 0 Å². The van der Waals surface area contributed by atoms with Crippen molar-refractivity contribution >= 4 is 17.8 Å². The number of esters is 1. The zero-order chi connectivity index (χ0) is 15.0. The molecule has 0 atom stereocenters. The summed E-state index contributed by atoms with van der Waals surface area (Å²) in [6.45, 7) is 2.65. The Morgan fingerprint density at radius 2 is 2.00 bits per heavy atom. The Balaban J connectivity index is 2.08. The summed E-state index contributed by atoms with van der Waals surface area (Å²) < 4.78 is 4.76. The number of ether oxygens (including phenoxy) is 1. The zero-order valence-corrected chi connectivity index (χ0v) is 12.1. The number of hydrogen-bond acceptors (Lipinski definition) is 5. The van der Waals surface area contributed by atoms with Gasteiger partial charge in [-0.15, -0.1) is 0 Å². The van der Waals surface area contributed by atoms with Crippen molar-refractivity contribution in [2.75, 3.05) is 33.3 Å². The van der Waals surface area contributed by atoms with Crippen LogP contribution in [-0.4, -0.2) is 62.0 Å². The van der Waals surface area contributed by atoms with Gasteiger partial charge in [-0.3, -0.25) is 14.4 Å². The molecule has 114 valence electrons. The molecule has 7 heteroatoms. The second-order valence-electron chi connectivity index (χ2n) is 4.82. The van der Waals surface area contributed by atoms with Gasteiger partial charge in [0.15, 0.2) is 0 Å². The normalized spacial score (nSPS) is 13.7. The molecule has 2 N–H and O–H groups in total. The maximum Gasteiger partial charge on any atom is 0.307 e. The van der Waals surface area contributed by atoms with Crippen molar-refractivity contribution in [3.8, 4) is 0 Å². The Kier molecular flexibility index (Phi) is 7.00. The van der Waals surface area contributed by atoms with E-state index in [4.69, 9.17) is 4.74 Å². The number of nitrogens with zero attached hydrogens (tertiary/aromatic N) is 1. The van der Waals surface area contributed by atoms with Gasteiger partial charge in [0.1, 0.15) is 0 Å². The monoisotopic (exact) mass is 285 g/mol. The summed E-state index contributed by atoms with van der Waals surface area (Å²) in [6, 6.07) is 0.300. The molecule has 2 amide bonds. The first kappa shape index (κ1) is 16.4. The molecule has 1 fully saturated rings. The van der Waals surface area contributed by atoms with Crippen molar-refractivity contribution in [2.45, 2.75) is 32.2 Å². The van der Waals surface area contributed by atoms with E-state index in [1.807, 2.05) is 0 Å². The molecule has 0 aromatic heterocycles. The van der Waals surface area contributed by atoms with Crippen molar-refractivity contribution in [2.24, 2.45) is 0 Å². The Morgan fingerprint density at radius 1 is 1.30 bits per heavy atom. The predicted molar refractivity (Wildman–Crippen MR) is 72.9 cm³/mol. The average Bonchev–Trinajstić information content (AvgIpc) is 3.18. The van der Waals surface area contributed by atoms with Crippen LogP contribution in [0.3, 0.4) is 0 Å². The highest BCUT2D eigenvalue weighted by Gasteiger charge is 2.24. The largest absolute Gasteiger partial charge is 0.466 e. The van der Waals surface area contributed by atoms with E-state index < -0.39 is 0 Å². The minimum absolute atomic E-state index is 0.0644. The first-order chi connectivity index (χ1) is 9.52. The number of carbonyl (C=O) groups is 3. The number of amides is 2. The van der Waals surface area contributed by atoms with Gasteiger partial charge < -0.3 is 20.3 Å². The summed E-state index contributed by atoms with van der Waals surface area (Å²) in [5, 5.41) is 5.68. The van der Waals surface area contributed by atoms with Crippen molar-refractivity contribution in [1.82, 2.24) is 15.5 Å². The fourth-order valence-electron chi connectivity index (χ4n) is 1.56. The van der Waals surface area contributed by atoms with Gasteiger partial charge >= 0.3 is 5.97 Å². The van der Waals surface area contributed by atoms with Crippen LogP contribution >= 0.6 is 0 Å². The van der Waals surface area contributed by atoms with Crippen LogP contribution in [-0.2, 0) is 19.1 Å². The smallest absolute Gasteiger partial charge is 0.307 e. The number of nitrogens with one attached hydrogen (secondary N) is 2. The molecule has 0 heterocycles. The van der Waals surface area contributed by atoms with Gasteiger partial charge in [0, 0.05) is 19.6 Å². The van der Waals surface area contributed by atoms with Crippen LogP contribution in [0.1, 0.15) is 26.2 Å². The van der Waals surface area contributed by atoms with E-state index in [9.17, 15) is 14.4 Å². The number of hydrogen-bond donors (Lipinski definition) is 2. The standard InChI is InChI=1S/C13H23N3O4/c1-3-20-13(19)6-7-14-8-12(18)16(2)9-11(17)15-10-4-5-10/h10,14H,3-9H2,1-2H3,(H,15,17). The Morgan fingerprint density at radius 3 is 2.60 bits per heavy atom. The number of likely N-dealkylation sites (N-methyl/N-ethyl adjacent to an activating group) is 1. The fraction of sp³-hybridized carbons (Fsp3) is 0.769. The van der Waals surface area contributed by atoms with Gasteiger partial charge in [-0.2, -0.15) is 0 Å². The third kappa shape index (κ3) is 7.08. The van der Waals surface area contributed by atoms with E-state index in [2.05, 4.69) is 10.6 Å². The molecule has 0 saturated heterocycles. The SMILES string of the molecule is CCOC(=O)CCNCC(=O)N(C)CC(=O)NC1CC1. The molecule has 1 rings (SSSR count). The van der Waals surface area contributed by atoms with E-state index in [1.54, 1.807) is 14.0 Å². The summed E-state index contributed by atoms with van der Waals surface area (Å²) in [5.74, 6) is -0.598. The number of carbonyl (C=O) groups excluding carboxylic acids is 3.